The molecule has 3 N–H and O–H groups in total. The molecule has 0 spiro atoms. The predicted molar refractivity (Wildman–Crippen MR) is 131 cm³/mol. The van der Waals surface area contributed by atoms with E-state index in [1.807, 2.05) is 18.7 Å². The minimum Gasteiger partial charge on any atom is -0.480 e. The van der Waals surface area contributed by atoms with E-state index in [1.54, 1.807) is 0 Å². The van der Waals surface area contributed by atoms with Crippen molar-refractivity contribution < 1.29 is 23.5 Å². The molecule has 186 valence electrons. The summed E-state index contributed by atoms with van der Waals surface area (Å²) in [5.41, 5.74) is 2.30. The van der Waals surface area contributed by atoms with Crippen molar-refractivity contribution in [2.24, 2.45) is 5.92 Å². The van der Waals surface area contributed by atoms with E-state index < -0.39 is 19.0 Å². The fourth-order valence-corrected chi connectivity index (χ4v) is 4.18. The van der Waals surface area contributed by atoms with E-state index in [9.17, 15) is 14.7 Å². The second-order valence-corrected chi connectivity index (χ2v) is 8.69. The summed E-state index contributed by atoms with van der Waals surface area (Å²) in [6, 6.07) is 3.23. The highest BCUT2D eigenvalue weighted by molar-refractivity contribution is 5.84. The largest absolute Gasteiger partial charge is 0.480 e. The average molecular weight is 466 g/mol. The molecule has 0 saturated heterocycles. The fourth-order valence-electron chi connectivity index (χ4n) is 4.18. The highest BCUT2D eigenvalue weighted by atomic mass is 16.5. The number of anilines is 1. The normalized spacial score (nSPS) is 15.8. The molecule has 1 aromatic heterocycles. The van der Waals surface area contributed by atoms with E-state index in [0.717, 1.165) is 50.2 Å². The van der Waals surface area contributed by atoms with Crippen LogP contribution in [0.1, 0.15) is 67.7 Å². The third kappa shape index (κ3) is 9.29. The number of pyridine rings is 1. The Kier molecular flexibility index (Phi) is 10.2. The van der Waals surface area contributed by atoms with E-state index in [-0.39, 0.29) is 24.9 Å². The molecule has 8 nitrogen and oxygen atoms in total. The third-order valence-electron chi connectivity index (χ3n) is 6.32. The summed E-state index contributed by atoms with van der Waals surface area (Å²) in [5, 5.41) is 15.6. The number of amides is 1. The van der Waals surface area contributed by atoms with Crippen LogP contribution in [0.5, 0.6) is 0 Å². The van der Waals surface area contributed by atoms with E-state index >= 15 is 0 Å². The highest BCUT2D eigenvalue weighted by Crippen LogP contribution is 2.20. The van der Waals surface area contributed by atoms with Crippen LogP contribution in [0, 0.1) is 5.92 Å². The maximum atomic E-state index is 12.4. The van der Waals surface area contributed by atoms with Gasteiger partial charge in [-0.3, -0.25) is 4.79 Å². The van der Waals surface area contributed by atoms with Gasteiger partial charge in [-0.1, -0.05) is 19.9 Å². The van der Waals surface area contributed by atoms with E-state index in [4.69, 9.17) is 13.8 Å². The number of unbranched alkanes of at least 4 members (excludes halogenated alkanes) is 1. The molecular weight excluding hydrogens is 420 g/mol. The van der Waals surface area contributed by atoms with Gasteiger partial charge in [0, 0.05) is 38.3 Å². The number of carbonyl (C=O) groups excluding carboxylic acids is 1. The molecule has 1 atom stereocenters. The number of rotatable bonds is 16. The number of ether oxygens (including phenoxy) is 1. The summed E-state index contributed by atoms with van der Waals surface area (Å²) in [6.07, 6.45) is 6.29. The Balaban J connectivity index is 1.88. The first kappa shape index (κ1) is 22.6. The highest BCUT2D eigenvalue weighted by Gasteiger charge is 2.24. The number of aryl methyl sites for hydroxylation is 2. The van der Waals surface area contributed by atoms with Gasteiger partial charge in [0.05, 0.1) is 10.7 Å². The van der Waals surface area contributed by atoms with Crippen molar-refractivity contribution in [3.8, 4) is 0 Å². The van der Waals surface area contributed by atoms with Gasteiger partial charge in [-0.25, -0.2) is 9.78 Å². The quantitative estimate of drug-likeness (QED) is 0.322. The van der Waals surface area contributed by atoms with Crippen molar-refractivity contribution in [3.63, 3.8) is 0 Å². The Hall–Kier alpha value is -2.19. The van der Waals surface area contributed by atoms with Gasteiger partial charge < -0.3 is 25.4 Å². The van der Waals surface area contributed by atoms with Crippen LogP contribution in [0.25, 0.3) is 0 Å². The summed E-state index contributed by atoms with van der Waals surface area (Å²) < 4.78 is 26.6. The monoisotopic (exact) mass is 465 g/mol. The van der Waals surface area contributed by atoms with Gasteiger partial charge >= 0.3 is 5.97 Å². The lowest BCUT2D eigenvalue weighted by Crippen LogP contribution is -2.45. The molecule has 0 aromatic carbocycles. The number of aliphatic carboxylic acids is 1. The number of carboxylic acids is 1. The number of fused-ring (bicyclic) bond motifs is 1. The molecule has 0 saturated carbocycles. The lowest BCUT2D eigenvalue weighted by atomic mass is 10.0. The van der Waals surface area contributed by atoms with Crippen LogP contribution in [0.4, 0.5) is 5.82 Å². The molecule has 1 aromatic rings. The molecule has 0 bridgehead atoms. The summed E-state index contributed by atoms with van der Waals surface area (Å²) in [7, 11) is -2.47. The third-order valence-corrected chi connectivity index (χ3v) is 6.32. The van der Waals surface area contributed by atoms with Gasteiger partial charge in [0.2, 0.25) is 5.91 Å². The molecule has 0 aliphatic carbocycles. The first-order valence-corrected chi connectivity index (χ1v) is 12.2. The van der Waals surface area contributed by atoms with E-state index in [2.05, 4.69) is 22.8 Å². The van der Waals surface area contributed by atoms with Crippen LogP contribution in [-0.4, -0.2) is 72.7 Å². The van der Waals surface area contributed by atoms with E-state index in [1.165, 1.54) is 5.56 Å². The summed E-state index contributed by atoms with van der Waals surface area (Å²) in [5.74, 6) is -0.530. The lowest BCUT2D eigenvalue weighted by Gasteiger charge is -2.25. The van der Waals surface area contributed by atoms with Crippen molar-refractivity contribution in [1.82, 2.24) is 15.2 Å². The number of carboxylic acid groups (broad SMARTS) is 1. The number of methoxy groups -OCH3 is 1. The second-order valence-electron chi connectivity index (χ2n) is 8.69. The van der Waals surface area contributed by atoms with Crippen LogP contribution in [0.2, 0.25) is 0 Å². The first-order valence-electron chi connectivity index (χ1n) is 13.7. The molecule has 2 heterocycles. The number of carbonyl (C=O) groups is 2. The Labute approximate surface area is 202 Å². The van der Waals surface area contributed by atoms with Gasteiger partial charge in [-0.05, 0) is 69.5 Å². The van der Waals surface area contributed by atoms with Gasteiger partial charge in [0.1, 0.15) is 11.9 Å². The number of nitrogens with zero attached hydrogens (tertiary/aromatic N) is 2. The lowest BCUT2D eigenvalue weighted by molar-refractivity contribution is -0.142. The smallest absolute Gasteiger partial charge is 0.326 e. The minimum atomic E-state index is -2.47. The van der Waals surface area contributed by atoms with Crippen molar-refractivity contribution in [2.75, 3.05) is 45.1 Å². The van der Waals surface area contributed by atoms with Gasteiger partial charge in [-0.15, -0.1) is 0 Å². The van der Waals surface area contributed by atoms with Crippen LogP contribution in [0.3, 0.4) is 0 Å². The SMILES string of the molecule is [2H]C([2H])([2H])OCCN(CCCCc1ccc2c(n1)NCCC2)CCC(NC(=O)C(CC)CC)C(=O)O. The van der Waals surface area contributed by atoms with Crippen molar-refractivity contribution in [2.45, 2.75) is 71.3 Å². The topological polar surface area (TPSA) is 104 Å². The van der Waals surface area contributed by atoms with Gasteiger partial charge in [0.25, 0.3) is 0 Å². The minimum absolute atomic E-state index is 0.0202. The Bertz CT molecular complexity index is 834. The molecule has 1 unspecified atom stereocenters. The zero-order valence-electron chi connectivity index (χ0n) is 23.1. The number of hydrogen-bond donors (Lipinski definition) is 3. The average Bonchev–Trinajstić information content (AvgIpc) is 2.83. The Morgan fingerprint density at radius 1 is 1.27 bits per heavy atom. The van der Waals surface area contributed by atoms with Crippen LogP contribution < -0.4 is 10.6 Å². The molecule has 8 heteroatoms. The van der Waals surface area contributed by atoms with Crippen molar-refractivity contribution in [3.05, 3.63) is 23.4 Å². The van der Waals surface area contributed by atoms with E-state index in [0.29, 0.717) is 32.5 Å². The van der Waals surface area contributed by atoms with Gasteiger partial charge in [-0.2, -0.15) is 0 Å². The number of hydrogen-bond acceptors (Lipinski definition) is 6. The van der Waals surface area contributed by atoms with Crippen molar-refractivity contribution >= 4 is 17.7 Å². The molecule has 1 aliphatic rings. The van der Waals surface area contributed by atoms with Crippen LogP contribution in [-0.2, 0) is 27.2 Å². The number of nitrogens with one attached hydrogen (secondary N) is 2. The molecule has 0 fully saturated rings. The summed E-state index contributed by atoms with van der Waals surface area (Å²) in [6.45, 7) is 6.23. The zero-order chi connectivity index (χ0) is 26.6. The molecule has 1 amide bonds. The summed E-state index contributed by atoms with van der Waals surface area (Å²) in [4.78, 5) is 30.9. The second kappa shape index (κ2) is 14.9. The zero-order valence-corrected chi connectivity index (χ0v) is 20.1. The predicted octanol–water partition coefficient (Wildman–Crippen LogP) is 3.11. The van der Waals surface area contributed by atoms with Gasteiger partial charge in [0.15, 0.2) is 0 Å². The Morgan fingerprint density at radius 2 is 2.09 bits per heavy atom. The van der Waals surface area contributed by atoms with Crippen molar-refractivity contribution in [1.29, 1.82) is 0 Å². The van der Waals surface area contributed by atoms with Crippen LogP contribution in [0.15, 0.2) is 12.1 Å². The summed E-state index contributed by atoms with van der Waals surface area (Å²) >= 11 is 0. The maximum Gasteiger partial charge on any atom is 0.326 e. The molecule has 1 aliphatic heterocycles. The maximum absolute atomic E-state index is 12.4. The molecule has 33 heavy (non-hydrogen) atoms. The van der Waals surface area contributed by atoms with Crippen LogP contribution >= 0.6 is 0 Å². The molecule has 0 radical (unpaired) electrons. The molecule has 2 rings (SSSR count). The molecular formula is C25H42N4O4. The first-order chi connectivity index (χ1) is 17.1. The Morgan fingerprint density at radius 3 is 2.82 bits per heavy atom. The standard InChI is InChI=1S/C25H42N4O4/c1-4-19(5-2)24(30)28-22(25(31)32)13-16-29(17-18-33-3)15-7-6-10-21-12-11-20-9-8-14-26-23(20)27-21/h11-12,19,22H,4-10,13-18H2,1-3H3,(H,26,27)(H,28,30)(H,31,32)/i3D3. The number of aromatic nitrogens is 1. The fraction of sp³-hybridized carbons (Fsp3) is 0.720.